The van der Waals surface area contributed by atoms with Gasteiger partial charge in [-0.1, -0.05) is 0 Å². The first kappa shape index (κ1) is 22.1. The van der Waals surface area contributed by atoms with Crippen LogP contribution in [0, 0.1) is 24.5 Å². The summed E-state index contributed by atoms with van der Waals surface area (Å²) in [5.41, 5.74) is 5.06. The molecule has 0 spiro atoms. The van der Waals surface area contributed by atoms with Crippen molar-refractivity contribution >= 4 is 17.6 Å². The SMILES string of the molecule is CCOC(=O)c1cc(F)c(N2CCC(C(N)C(=O)OC(C)(C)C)C2)c(C)c1F. The number of carbonyl (C=O) groups excluding carboxylic acids is 2. The van der Waals surface area contributed by atoms with Crippen LogP contribution in [0.5, 0.6) is 0 Å². The van der Waals surface area contributed by atoms with Crippen LogP contribution in [0.4, 0.5) is 14.5 Å². The molecular formula is C20H28F2N2O4. The van der Waals surface area contributed by atoms with Crippen molar-refractivity contribution in [2.75, 3.05) is 24.6 Å². The average Bonchev–Trinajstić information content (AvgIpc) is 3.05. The summed E-state index contributed by atoms with van der Waals surface area (Å²) in [7, 11) is 0. The van der Waals surface area contributed by atoms with Crippen molar-refractivity contribution < 1.29 is 27.8 Å². The summed E-state index contributed by atoms with van der Waals surface area (Å²) >= 11 is 0. The third-order valence-electron chi connectivity index (χ3n) is 4.64. The number of anilines is 1. The molecule has 1 saturated heterocycles. The Morgan fingerprint density at radius 3 is 2.57 bits per heavy atom. The van der Waals surface area contributed by atoms with E-state index in [4.69, 9.17) is 15.2 Å². The Bertz CT molecular complexity index is 762. The van der Waals surface area contributed by atoms with Crippen molar-refractivity contribution in [1.82, 2.24) is 0 Å². The Balaban J connectivity index is 2.20. The van der Waals surface area contributed by atoms with E-state index in [1.165, 1.54) is 6.92 Å². The molecule has 2 atom stereocenters. The first-order chi connectivity index (χ1) is 13.0. The molecule has 6 nitrogen and oxygen atoms in total. The first-order valence-corrected chi connectivity index (χ1v) is 9.35. The molecule has 0 saturated carbocycles. The fourth-order valence-corrected chi connectivity index (χ4v) is 3.33. The van der Waals surface area contributed by atoms with E-state index >= 15 is 0 Å². The summed E-state index contributed by atoms with van der Waals surface area (Å²) in [5, 5.41) is 0. The van der Waals surface area contributed by atoms with Crippen LogP contribution in [0.25, 0.3) is 0 Å². The summed E-state index contributed by atoms with van der Waals surface area (Å²) in [6.45, 7) is 9.04. The van der Waals surface area contributed by atoms with Crippen LogP contribution in [0.2, 0.25) is 0 Å². The summed E-state index contributed by atoms with van der Waals surface area (Å²) in [6, 6.07) is 0.00722. The lowest BCUT2D eigenvalue weighted by atomic mass is 9.99. The Morgan fingerprint density at radius 1 is 1.36 bits per heavy atom. The molecule has 1 aromatic carbocycles. The Morgan fingerprint density at radius 2 is 2.00 bits per heavy atom. The number of rotatable bonds is 5. The van der Waals surface area contributed by atoms with Crippen LogP contribution in [0.1, 0.15) is 50.0 Å². The maximum atomic E-state index is 14.7. The van der Waals surface area contributed by atoms with Gasteiger partial charge in [0.25, 0.3) is 0 Å². The van der Waals surface area contributed by atoms with Gasteiger partial charge in [-0.3, -0.25) is 4.79 Å². The van der Waals surface area contributed by atoms with Gasteiger partial charge in [0.15, 0.2) is 0 Å². The number of esters is 2. The highest BCUT2D eigenvalue weighted by Crippen LogP contribution is 2.33. The van der Waals surface area contributed by atoms with E-state index < -0.39 is 40.8 Å². The first-order valence-electron chi connectivity index (χ1n) is 9.35. The Kier molecular flexibility index (Phi) is 6.64. The lowest BCUT2D eigenvalue weighted by Crippen LogP contribution is -2.43. The Labute approximate surface area is 164 Å². The molecule has 0 amide bonds. The van der Waals surface area contributed by atoms with Crippen LogP contribution >= 0.6 is 0 Å². The zero-order valence-electron chi connectivity index (χ0n) is 17.0. The van der Waals surface area contributed by atoms with Gasteiger partial charge in [0.1, 0.15) is 23.3 Å². The Hall–Kier alpha value is -2.22. The van der Waals surface area contributed by atoms with Gasteiger partial charge in [-0.25, -0.2) is 13.6 Å². The molecule has 1 fully saturated rings. The smallest absolute Gasteiger partial charge is 0.341 e. The fraction of sp³-hybridized carbons (Fsp3) is 0.600. The molecule has 2 N–H and O–H groups in total. The highest BCUT2D eigenvalue weighted by atomic mass is 19.1. The molecule has 1 aliphatic rings. The molecule has 0 aromatic heterocycles. The quantitative estimate of drug-likeness (QED) is 0.768. The van der Waals surface area contributed by atoms with Crippen molar-refractivity contribution in [3.8, 4) is 0 Å². The zero-order valence-corrected chi connectivity index (χ0v) is 17.0. The lowest BCUT2D eigenvalue weighted by molar-refractivity contribution is -0.157. The lowest BCUT2D eigenvalue weighted by Gasteiger charge is -2.26. The monoisotopic (exact) mass is 398 g/mol. The second-order valence-corrected chi connectivity index (χ2v) is 7.97. The summed E-state index contributed by atoms with van der Waals surface area (Å²) in [5.74, 6) is -3.19. The maximum Gasteiger partial charge on any atom is 0.341 e. The number of hydrogen-bond donors (Lipinski definition) is 1. The summed E-state index contributed by atoms with van der Waals surface area (Å²) in [6.07, 6.45) is 0.542. The molecule has 8 heteroatoms. The second-order valence-electron chi connectivity index (χ2n) is 7.97. The van der Waals surface area contributed by atoms with Crippen molar-refractivity contribution in [1.29, 1.82) is 0 Å². The third-order valence-corrected chi connectivity index (χ3v) is 4.64. The van der Waals surface area contributed by atoms with Gasteiger partial charge in [0.05, 0.1) is 17.9 Å². The van der Waals surface area contributed by atoms with Gasteiger partial charge in [-0.15, -0.1) is 0 Å². The van der Waals surface area contributed by atoms with Crippen molar-refractivity contribution in [2.45, 2.75) is 52.7 Å². The van der Waals surface area contributed by atoms with E-state index in [0.29, 0.717) is 13.0 Å². The van der Waals surface area contributed by atoms with Crippen LogP contribution in [0.3, 0.4) is 0 Å². The predicted molar refractivity (Wildman–Crippen MR) is 101 cm³/mol. The number of nitrogens with zero attached hydrogens (tertiary/aromatic N) is 1. The van der Waals surface area contributed by atoms with Gasteiger partial charge in [-0.05, 0) is 47.1 Å². The van der Waals surface area contributed by atoms with Gasteiger partial charge in [0, 0.05) is 24.6 Å². The predicted octanol–water partition coefficient (Wildman–Crippen LogP) is 2.95. The largest absolute Gasteiger partial charge is 0.462 e. The van der Waals surface area contributed by atoms with E-state index in [2.05, 4.69) is 0 Å². The molecular weight excluding hydrogens is 370 g/mol. The minimum absolute atomic E-state index is 0.0227. The highest BCUT2D eigenvalue weighted by molar-refractivity contribution is 5.91. The number of ether oxygens (including phenoxy) is 2. The normalized spacial score (nSPS) is 18.1. The highest BCUT2D eigenvalue weighted by Gasteiger charge is 2.36. The maximum absolute atomic E-state index is 14.7. The van der Waals surface area contributed by atoms with E-state index in [-0.39, 0.29) is 30.3 Å². The zero-order chi connectivity index (χ0) is 21.2. The van der Waals surface area contributed by atoms with Gasteiger partial charge >= 0.3 is 11.9 Å². The van der Waals surface area contributed by atoms with E-state index in [1.54, 1.807) is 32.6 Å². The molecule has 0 radical (unpaired) electrons. The fourth-order valence-electron chi connectivity index (χ4n) is 3.33. The standard InChI is InChI=1S/C20H28F2N2O4/c1-6-27-18(25)13-9-14(21)17(11(2)15(13)22)24-8-7-12(10-24)16(23)19(26)28-20(3,4)5/h9,12,16H,6-8,10,23H2,1-5H3. The van der Waals surface area contributed by atoms with Crippen LogP contribution in [-0.4, -0.2) is 43.3 Å². The second kappa shape index (κ2) is 8.43. The van der Waals surface area contributed by atoms with Gasteiger partial charge in [-0.2, -0.15) is 0 Å². The molecule has 156 valence electrons. The van der Waals surface area contributed by atoms with Crippen molar-refractivity contribution in [3.05, 3.63) is 28.8 Å². The number of halogens is 2. The van der Waals surface area contributed by atoms with Crippen LogP contribution in [0.15, 0.2) is 6.07 Å². The summed E-state index contributed by atoms with van der Waals surface area (Å²) in [4.78, 5) is 25.7. The number of hydrogen-bond acceptors (Lipinski definition) is 6. The molecule has 1 aromatic rings. The topological polar surface area (TPSA) is 81.9 Å². The van der Waals surface area contributed by atoms with Gasteiger partial charge < -0.3 is 20.1 Å². The number of nitrogens with two attached hydrogens (primary N) is 1. The van der Waals surface area contributed by atoms with Crippen LogP contribution < -0.4 is 10.6 Å². The minimum atomic E-state index is -0.903. The van der Waals surface area contributed by atoms with Gasteiger partial charge in [0.2, 0.25) is 0 Å². The molecule has 0 bridgehead atoms. The van der Waals surface area contributed by atoms with E-state index in [1.807, 2.05) is 0 Å². The number of carbonyl (C=O) groups is 2. The number of benzene rings is 1. The van der Waals surface area contributed by atoms with E-state index in [9.17, 15) is 18.4 Å². The van der Waals surface area contributed by atoms with Crippen LogP contribution in [-0.2, 0) is 14.3 Å². The van der Waals surface area contributed by atoms with E-state index in [0.717, 1.165) is 6.07 Å². The minimum Gasteiger partial charge on any atom is -0.462 e. The molecule has 2 rings (SSSR count). The molecule has 28 heavy (non-hydrogen) atoms. The van der Waals surface area contributed by atoms with Crippen molar-refractivity contribution in [3.63, 3.8) is 0 Å². The molecule has 0 aliphatic carbocycles. The molecule has 1 heterocycles. The molecule has 2 unspecified atom stereocenters. The molecule has 1 aliphatic heterocycles. The third kappa shape index (κ3) is 4.79. The summed E-state index contributed by atoms with van der Waals surface area (Å²) < 4.78 is 39.4. The average molecular weight is 398 g/mol. The van der Waals surface area contributed by atoms with Crippen molar-refractivity contribution in [2.24, 2.45) is 11.7 Å².